The van der Waals surface area contributed by atoms with Gasteiger partial charge in [-0.3, -0.25) is 4.79 Å². The van der Waals surface area contributed by atoms with E-state index in [-0.39, 0.29) is 11.8 Å². The molecule has 21 heavy (non-hydrogen) atoms. The van der Waals surface area contributed by atoms with E-state index in [9.17, 15) is 4.79 Å². The number of ether oxygens (including phenoxy) is 1. The second-order valence-corrected chi connectivity index (χ2v) is 5.18. The van der Waals surface area contributed by atoms with Gasteiger partial charge < -0.3 is 20.7 Å². The van der Waals surface area contributed by atoms with E-state index in [1.807, 2.05) is 25.3 Å². The second-order valence-electron chi connectivity index (χ2n) is 5.18. The maximum Gasteiger partial charge on any atom is 0.224 e. The Bertz CT molecular complexity index is 439. The molecule has 6 heteroatoms. The highest BCUT2D eigenvalue weighted by atomic mass is 16.5. The molecule has 2 rings (SSSR count). The van der Waals surface area contributed by atoms with Crippen molar-refractivity contribution >= 4 is 11.7 Å². The van der Waals surface area contributed by atoms with Crippen LogP contribution in [0.15, 0.2) is 18.3 Å². The third kappa shape index (κ3) is 4.41. The van der Waals surface area contributed by atoms with Crippen molar-refractivity contribution < 1.29 is 9.53 Å². The van der Waals surface area contributed by atoms with Crippen molar-refractivity contribution in [2.24, 2.45) is 11.7 Å². The molecule has 1 atom stereocenters. The number of aromatic nitrogens is 1. The van der Waals surface area contributed by atoms with Gasteiger partial charge in [-0.1, -0.05) is 13.0 Å². The number of nitrogens with one attached hydrogen (secondary N) is 1. The average molecular weight is 292 g/mol. The minimum atomic E-state index is -0.106. The number of carbonyl (C=O) groups is 1. The van der Waals surface area contributed by atoms with Crippen LogP contribution in [0, 0.1) is 5.92 Å². The molecular formula is C15H24N4O2. The molecule has 3 N–H and O–H groups in total. The quantitative estimate of drug-likeness (QED) is 0.799. The van der Waals surface area contributed by atoms with Crippen molar-refractivity contribution in [3.05, 3.63) is 23.9 Å². The van der Waals surface area contributed by atoms with Crippen molar-refractivity contribution in [1.29, 1.82) is 0 Å². The van der Waals surface area contributed by atoms with Gasteiger partial charge in [0, 0.05) is 38.3 Å². The lowest BCUT2D eigenvalue weighted by molar-refractivity contribution is -0.124. The predicted octanol–water partition coefficient (Wildman–Crippen LogP) is 0.519. The van der Waals surface area contributed by atoms with Gasteiger partial charge in [-0.25, -0.2) is 4.98 Å². The molecule has 0 spiro atoms. The smallest absolute Gasteiger partial charge is 0.224 e. The Kier molecular flexibility index (Phi) is 5.95. The van der Waals surface area contributed by atoms with Crippen LogP contribution in [0.3, 0.4) is 0 Å². The number of pyridine rings is 1. The summed E-state index contributed by atoms with van der Waals surface area (Å²) in [4.78, 5) is 18.5. The molecule has 1 aliphatic rings. The third-order valence-electron chi connectivity index (χ3n) is 3.76. The highest BCUT2D eigenvalue weighted by Gasteiger charge is 2.14. The van der Waals surface area contributed by atoms with E-state index in [4.69, 9.17) is 10.5 Å². The lowest BCUT2D eigenvalue weighted by atomic mass is 10.1. The van der Waals surface area contributed by atoms with Gasteiger partial charge in [-0.15, -0.1) is 0 Å². The van der Waals surface area contributed by atoms with Crippen molar-refractivity contribution in [1.82, 2.24) is 10.3 Å². The molecule has 2 heterocycles. The van der Waals surface area contributed by atoms with Crippen LogP contribution in [0.25, 0.3) is 0 Å². The fourth-order valence-corrected chi connectivity index (χ4v) is 2.29. The summed E-state index contributed by atoms with van der Waals surface area (Å²) in [5, 5.41) is 2.91. The van der Waals surface area contributed by atoms with Crippen molar-refractivity contribution in [2.45, 2.75) is 19.9 Å². The lowest BCUT2D eigenvalue weighted by Crippen LogP contribution is -2.36. The number of hydrogen-bond acceptors (Lipinski definition) is 5. The van der Waals surface area contributed by atoms with E-state index in [1.165, 1.54) is 0 Å². The summed E-state index contributed by atoms with van der Waals surface area (Å²) in [6, 6.07) is 3.99. The summed E-state index contributed by atoms with van der Waals surface area (Å²) in [7, 11) is 0. The Balaban J connectivity index is 1.86. The minimum Gasteiger partial charge on any atom is -0.378 e. The van der Waals surface area contributed by atoms with Gasteiger partial charge in [0.25, 0.3) is 0 Å². The van der Waals surface area contributed by atoms with Gasteiger partial charge in [-0.2, -0.15) is 0 Å². The van der Waals surface area contributed by atoms with Crippen LogP contribution >= 0.6 is 0 Å². The lowest BCUT2D eigenvalue weighted by Gasteiger charge is -2.27. The van der Waals surface area contributed by atoms with Crippen LogP contribution in [0.2, 0.25) is 0 Å². The van der Waals surface area contributed by atoms with Gasteiger partial charge in [-0.05, 0) is 18.1 Å². The number of nitrogens with zero attached hydrogens (tertiary/aromatic N) is 2. The molecule has 1 unspecified atom stereocenters. The number of morpholine rings is 1. The second kappa shape index (κ2) is 7.95. The molecule has 0 bridgehead atoms. The summed E-state index contributed by atoms with van der Waals surface area (Å²) >= 11 is 0. The molecule has 1 saturated heterocycles. The fraction of sp³-hybridized carbons (Fsp3) is 0.600. The van der Waals surface area contributed by atoms with Gasteiger partial charge in [0.15, 0.2) is 0 Å². The summed E-state index contributed by atoms with van der Waals surface area (Å²) in [5.74, 6) is 0.865. The number of amides is 1. The zero-order valence-electron chi connectivity index (χ0n) is 12.5. The van der Waals surface area contributed by atoms with E-state index in [0.29, 0.717) is 13.1 Å². The molecular weight excluding hydrogens is 268 g/mol. The van der Waals surface area contributed by atoms with Crippen LogP contribution in [0.1, 0.15) is 18.9 Å². The standard InChI is InChI=1S/C15H24N4O2/c1-2-13(9-16)15(20)18-11-12-3-4-14(17-10-12)19-5-7-21-8-6-19/h3-4,10,13H,2,5-9,11,16H2,1H3,(H,18,20). The van der Waals surface area contributed by atoms with Gasteiger partial charge in [0.1, 0.15) is 5.82 Å². The molecule has 1 amide bonds. The zero-order chi connectivity index (χ0) is 15.1. The summed E-state index contributed by atoms with van der Waals surface area (Å²) in [6.45, 7) is 6.08. The Morgan fingerprint density at radius 3 is 2.81 bits per heavy atom. The van der Waals surface area contributed by atoms with E-state index in [0.717, 1.165) is 44.1 Å². The maximum atomic E-state index is 11.9. The van der Waals surface area contributed by atoms with Gasteiger partial charge in [0.05, 0.1) is 13.2 Å². The van der Waals surface area contributed by atoms with E-state index >= 15 is 0 Å². The van der Waals surface area contributed by atoms with Crippen molar-refractivity contribution in [3.63, 3.8) is 0 Å². The maximum absolute atomic E-state index is 11.9. The Labute approximate surface area is 125 Å². The highest BCUT2D eigenvalue weighted by molar-refractivity contribution is 5.78. The summed E-state index contributed by atoms with van der Waals surface area (Å²) < 4.78 is 5.33. The Hall–Kier alpha value is -1.66. The number of rotatable bonds is 6. The number of carbonyl (C=O) groups excluding carboxylic acids is 1. The Morgan fingerprint density at radius 2 is 2.24 bits per heavy atom. The first kappa shape index (κ1) is 15.7. The first-order valence-corrected chi connectivity index (χ1v) is 7.50. The topological polar surface area (TPSA) is 80.5 Å². The van der Waals surface area contributed by atoms with Gasteiger partial charge in [0.2, 0.25) is 5.91 Å². The number of hydrogen-bond donors (Lipinski definition) is 2. The SMILES string of the molecule is CCC(CN)C(=O)NCc1ccc(N2CCOCC2)nc1. The monoisotopic (exact) mass is 292 g/mol. The van der Waals surface area contributed by atoms with E-state index < -0.39 is 0 Å². The van der Waals surface area contributed by atoms with Crippen LogP contribution < -0.4 is 16.0 Å². The number of nitrogens with two attached hydrogens (primary N) is 1. The van der Waals surface area contributed by atoms with E-state index in [2.05, 4.69) is 15.2 Å². The minimum absolute atomic E-state index is 0.0113. The predicted molar refractivity (Wildman–Crippen MR) is 82.0 cm³/mol. The van der Waals surface area contributed by atoms with Crippen molar-refractivity contribution in [3.8, 4) is 0 Å². The summed E-state index contributed by atoms with van der Waals surface area (Å²) in [5.41, 5.74) is 6.56. The first-order valence-electron chi connectivity index (χ1n) is 7.50. The van der Waals surface area contributed by atoms with Crippen LogP contribution in [-0.4, -0.2) is 43.7 Å². The molecule has 1 fully saturated rings. The molecule has 0 aliphatic carbocycles. The van der Waals surface area contributed by atoms with Crippen LogP contribution in [0.4, 0.5) is 5.82 Å². The zero-order valence-corrected chi connectivity index (χ0v) is 12.5. The Morgan fingerprint density at radius 1 is 1.48 bits per heavy atom. The highest BCUT2D eigenvalue weighted by Crippen LogP contribution is 2.13. The third-order valence-corrected chi connectivity index (χ3v) is 3.76. The van der Waals surface area contributed by atoms with Crippen LogP contribution in [0.5, 0.6) is 0 Å². The average Bonchev–Trinajstić information content (AvgIpc) is 2.55. The molecule has 6 nitrogen and oxygen atoms in total. The molecule has 1 aliphatic heterocycles. The molecule has 1 aromatic heterocycles. The molecule has 0 aromatic carbocycles. The summed E-state index contributed by atoms with van der Waals surface area (Å²) in [6.07, 6.45) is 2.57. The molecule has 0 saturated carbocycles. The first-order chi connectivity index (χ1) is 10.2. The normalized spacial score (nSPS) is 16.6. The largest absolute Gasteiger partial charge is 0.378 e. The van der Waals surface area contributed by atoms with Crippen LogP contribution in [-0.2, 0) is 16.1 Å². The number of anilines is 1. The molecule has 0 radical (unpaired) electrons. The molecule has 1 aromatic rings. The fourth-order valence-electron chi connectivity index (χ4n) is 2.29. The van der Waals surface area contributed by atoms with Gasteiger partial charge >= 0.3 is 0 Å². The molecule has 116 valence electrons. The van der Waals surface area contributed by atoms with Crippen molar-refractivity contribution in [2.75, 3.05) is 37.7 Å². The van der Waals surface area contributed by atoms with E-state index in [1.54, 1.807) is 0 Å².